The highest BCUT2D eigenvalue weighted by Gasteiger charge is 2.24. The lowest BCUT2D eigenvalue weighted by molar-refractivity contribution is 0.177. The number of fused-ring (bicyclic) bond motifs is 1. The molecule has 2 amide bonds. The van der Waals surface area contributed by atoms with Crippen molar-refractivity contribution in [3.63, 3.8) is 0 Å². The van der Waals surface area contributed by atoms with Crippen molar-refractivity contribution in [1.82, 2.24) is 19.4 Å². The fraction of sp³-hybridized carbons (Fsp3) is 0.381. The number of likely N-dealkylation sites (tertiary alicyclic amines) is 1. The van der Waals surface area contributed by atoms with Crippen LogP contribution >= 0.6 is 0 Å². The number of carbonyl (C=O) groups excluding carboxylic acids is 1. The zero-order valence-corrected chi connectivity index (χ0v) is 16.4. The minimum Gasteiger partial charge on any atom is -0.492 e. The number of hydrogen-bond donors (Lipinski definition) is 2. The molecule has 29 heavy (non-hydrogen) atoms. The maximum Gasteiger partial charge on any atom is 0.327 e. The summed E-state index contributed by atoms with van der Waals surface area (Å²) < 4.78 is 7.28. The molecule has 1 saturated heterocycles. The highest BCUT2D eigenvalue weighted by atomic mass is 16.5. The van der Waals surface area contributed by atoms with Crippen LogP contribution in [0.3, 0.4) is 0 Å². The lowest BCUT2D eigenvalue weighted by Crippen LogP contribution is -2.42. The van der Waals surface area contributed by atoms with Gasteiger partial charge in [0, 0.05) is 25.8 Å². The maximum atomic E-state index is 12.7. The molecule has 2 N–H and O–H groups in total. The van der Waals surface area contributed by atoms with Gasteiger partial charge in [0.2, 0.25) is 0 Å². The lowest BCUT2D eigenvalue weighted by Gasteiger charge is -2.32. The summed E-state index contributed by atoms with van der Waals surface area (Å²) in [7, 11) is 0. The standard InChI is InChI=1S/C21H25N5O3/c1-2-29-18-8-4-3-6-16(18)23-20(27)25-12-9-15(10-13-25)14-26-19-17(24-21(26)28)7-5-11-22-19/h3-8,11,15H,2,9-10,12-14H2,1H3,(H,23,27)(H,24,28). The van der Waals surface area contributed by atoms with E-state index in [2.05, 4.69) is 15.3 Å². The van der Waals surface area contributed by atoms with Crippen LogP contribution in [0.4, 0.5) is 10.5 Å². The van der Waals surface area contributed by atoms with Crippen molar-refractivity contribution < 1.29 is 9.53 Å². The average Bonchev–Trinajstić information content (AvgIpc) is 3.05. The molecule has 2 aromatic heterocycles. The lowest BCUT2D eigenvalue weighted by atomic mass is 9.97. The Balaban J connectivity index is 1.36. The van der Waals surface area contributed by atoms with Gasteiger partial charge in [0.25, 0.3) is 0 Å². The Morgan fingerprint density at radius 3 is 2.83 bits per heavy atom. The molecule has 0 atom stereocenters. The maximum absolute atomic E-state index is 12.7. The number of nitrogens with one attached hydrogen (secondary N) is 2. The molecule has 0 unspecified atom stereocenters. The Morgan fingerprint density at radius 2 is 2.03 bits per heavy atom. The van der Waals surface area contributed by atoms with Crippen LogP contribution < -0.4 is 15.7 Å². The van der Waals surface area contributed by atoms with Crippen LogP contribution in [0.2, 0.25) is 0 Å². The molecule has 3 aromatic rings. The molecule has 3 heterocycles. The van der Waals surface area contributed by atoms with E-state index in [1.54, 1.807) is 10.8 Å². The molecule has 1 aliphatic rings. The van der Waals surface area contributed by atoms with Crippen molar-refractivity contribution in [2.45, 2.75) is 26.3 Å². The number of rotatable bonds is 5. The molecule has 152 valence electrons. The Morgan fingerprint density at radius 1 is 1.24 bits per heavy atom. The van der Waals surface area contributed by atoms with E-state index in [1.807, 2.05) is 48.2 Å². The number of carbonyl (C=O) groups is 1. The number of piperidine rings is 1. The molecular weight excluding hydrogens is 370 g/mol. The van der Waals surface area contributed by atoms with Gasteiger partial charge in [-0.25, -0.2) is 14.6 Å². The van der Waals surface area contributed by atoms with E-state index in [0.29, 0.717) is 49.2 Å². The van der Waals surface area contributed by atoms with Crippen LogP contribution in [0.5, 0.6) is 5.75 Å². The first-order valence-corrected chi connectivity index (χ1v) is 9.97. The third kappa shape index (κ3) is 4.11. The quantitative estimate of drug-likeness (QED) is 0.694. The number of aromatic nitrogens is 3. The van der Waals surface area contributed by atoms with Crippen molar-refractivity contribution in [1.29, 1.82) is 0 Å². The molecule has 0 radical (unpaired) electrons. The summed E-state index contributed by atoms with van der Waals surface area (Å²) in [5.74, 6) is 0.998. The highest BCUT2D eigenvalue weighted by Crippen LogP contribution is 2.25. The highest BCUT2D eigenvalue weighted by molar-refractivity contribution is 5.91. The molecule has 0 saturated carbocycles. The van der Waals surface area contributed by atoms with E-state index in [1.165, 1.54) is 0 Å². The number of pyridine rings is 1. The van der Waals surface area contributed by atoms with Crippen molar-refractivity contribution in [3.8, 4) is 5.75 Å². The van der Waals surface area contributed by atoms with Gasteiger partial charge in [-0.3, -0.25) is 4.57 Å². The number of H-pyrrole nitrogens is 1. The summed E-state index contributed by atoms with van der Waals surface area (Å²) in [6, 6.07) is 11.0. The first-order chi connectivity index (χ1) is 14.2. The van der Waals surface area contributed by atoms with Crippen LogP contribution in [0.15, 0.2) is 47.4 Å². The first-order valence-electron chi connectivity index (χ1n) is 9.97. The summed E-state index contributed by atoms with van der Waals surface area (Å²) in [4.78, 5) is 33.9. The zero-order valence-electron chi connectivity index (χ0n) is 16.4. The van der Waals surface area contributed by atoms with Gasteiger partial charge in [0.15, 0.2) is 5.65 Å². The monoisotopic (exact) mass is 395 g/mol. The van der Waals surface area contributed by atoms with Crippen molar-refractivity contribution in [3.05, 3.63) is 53.1 Å². The molecule has 1 aromatic carbocycles. The first kappa shape index (κ1) is 19.0. The molecule has 0 aliphatic carbocycles. The molecule has 0 spiro atoms. The molecular formula is C21H25N5O3. The van der Waals surface area contributed by atoms with E-state index in [-0.39, 0.29) is 11.7 Å². The second kappa shape index (κ2) is 8.38. The summed E-state index contributed by atoms with van der Waals surface area (Å²) in [5.41, 5.74) is 1.98. The smallest absolute Gasteiger partial charge is 0.327 e. The summed E-state index contributed by atoms with van der Waals surface area (Å²) in [5, 5.41) is 2.95. The molecule has 8 nitrogen and oxygen atoms in total. The van der Waals surface area contributed by atoms with Gasteiger partial charge in [-0.2, -0.15) is 0 Å². The van der Waals surface area contributed by atoms with Crippen LogP contribution in [-0.2, 0) is 6.54 Å². The van der Waals surface area contributed by atoms with Gasteiger partial charge in [0.05, 0.1) is 17.8 Å². The van der Waals surface area contributed by atoms with E-state index < -0.39 is 0 Å². The Labute approximate surface area is 168 Å². The van der Waals surface area contributed by atoms with Crippen molar-refractivity contribution in [2.75, 3.05) is 25.0 Å². The Hall–Kier alpha value is -3.29. The van der Waals surface area contributed by atoms with Crippen LogP contribution in [0.1, 0.15) is 19.8 Å². The van der Waals surface area contributed by atoms with E-state index in [9.17, 15) is 9.59 Å². The predicted octanol–water partition coefficient (Wildman–Crippen LogP) is 3.07. The van der Waals surface area contributed by atoms with Gasteiger partial charge < -0.3 is 19.9 Å². The number of para-hydroxylation sites is 2. The second-order valence-electron chi connectivity index (χ2n) is 7.21. The number of amides is 2. The number of imidazole rings is 1. The van der Waals surface area contributed by atoms with Crippen LogP contribution in [0, 0.1) is 5.92 Å². The third-order valence-electron chi connectivity index (χ3n) is 5.30. The normalized spacial score (nSPS) is 14.9. The number of aromatic amines is 1. The molecule has 0 bridgehead atoms. The molecule has 1 fully saturated rings. The number of anilines is 1. The number of benzene rings is 1. The number of urea groups is 1. The largest absolute Gasteiger partial charge is 0.492 e. The second-order valence-corrected chi connectivity index (χ2v) is 7.21. The van der Waals surface area contributed by atoms with Gasteiger partial charge >= 0.3 is 11.7 Å². The molecule has 4 rings (SSSR count). The van der Waals surface area contributed by atoms with E-state index >= 15 is 0 Å². The van der Waals surface area contributed by atoms with Gasteiger partial charge in [-0.15, -0.1) is 0 Å². The number of hydrogen-bond acceptors (Lipinski definition) is 4. The SMILES string of the molecule is CCOc1ccccc1NC(=O)N1CCC(Cn2c(=O)[nH]c3cccnc32)CC1. The average molecular weight is 395 g/mol. The zero-order chi connectivity index (χ0) is 20.2. The fourth-order valence-corrected chi connectivity index (χ4v) is 3.78. The predicted molar refractivity (Wildman–Crippen MR) is 111 cm³/mol. The minimum atomic E-state index is -0.133. The summed E-state index contributed by atoms with van der Waals surface area (Å²) in [6.07, 6.45) is 3.37. The summed E-state index contributed by atoms with van der Waals surface area (Å²) >= 11 is 0. The van der Waals surface area contributed by atoms with E-state index in [4.69, 9.17) is 4.74 Å². The van der Waals surface area contributed by atoms with E-state index in [0.717, 1.165) is 18.4 Å². The molecule has 1 aliphatic heterocycles. The Kier molecular flexibility index (Phi) is 5.50. The fourth-order valence-electron chi connectivity index (χ4n) is 3.78. The summed E-state index contributed by atoms with van der Waals surface area (Å²) in [6.45, 7) is 4.37. The van der Waals surface area contributed by atoms with Gasteiger partial charge in [-0.05, 0) is 49.9 Å². The van der Waals surface area contributed by atoms with Crippen molar-refractivity contribution in [2.24, 2.45) is 5.92 Å². The van der Waals surface area contributed by atoms with Gasteiger partial charge in [-0.1, -0.05) is 12.1 Å². The number of nitrogens with zero attached hydrogens (tertiary/aromatic N) is 3. The van der Waals surface area contributed by atoms with Crippen LogP contribution in [-0.4, -0.2) is 45.2 Å². The van der Waals surface area contributed by atoms with Crippen molar-refractivity contribution >= 4 is 22.9 Å². The molecule has 8 heteroatoms. The minimum absolute atomic E-state index is 0.124. The van der Waals surface area contributed by atoms with Gasteiger partial charge in [0.1, 0.15) is 5.75 Å². The third-order valence-corrected chi connectivity index (χ3v) is 5.30. The Bertz CT molecular complexity index is 1050. The number of ether oxygens (including phenoxy) is 1. The van der Waals surface area contributed by atoms with Crippen LogP contribution in [0.25, 0.3) is 11.2 Å². The topological polar surface area (TPSA) is 92.2 Å².